The summed E-state index contributed by atoms with van der Waals surface area (Å²) in [5.74, 6) is 1.91. The summed E-state index contributed by atoms with van der Waals surface area (Å²) in [6.45, 7) is 5.51. The number of aryl methyl sites for hydroxylation is 1. The maximum Gasteiger partial charge on any atom is 0.00746 e. The highest BCUT2D eigenvalue weighted by molar-refractivity contribution is 7.99. The molecule has 14 heavy (non-hydrogen) atoms. The van der Waals surface area contributed by atoms with Crippen molar-refractivity contribution < 1.29 is 0 Å². The fraction of sp³-hybridized carbons (Fsp3) is 0.500. The Kier molecular flexibility index (Phi) is 5.05. The van der Waals surface area contributed by atoms with Gasteiger partial charge in [-0.05, 0) is 38.6 Å². The quantitative estimate of drug-likeness (QED) is 0.748. The second-order valence-corrected chi connectivity index (χ2v) is 4.88. The monoisotopic (exact) mass is 209 g/mol. The van der Waals surface area contributed by atoms with Crippen molar-refractivity contribution in [2.24, 2.45) is 5.92 Å². The van der Waals surface area contributed by atoms with Crippen molar-refractivity contribution in [2.45, 2.75) is 18.7 Å². The summed E-state index contributed by atoms with van der Waals surface area (Å²) in [4.78, 5) is 1.38. The van der Waals surface area contributed by atoms with Gasteiger partial charge in [-0.25, -0.2) is 0 Å². The van der Waals surface area contributed by atoms with Gasteiger partial charge in [0.25, 0.3) is 0 Å². The van der Waals surface area contributed by atoms with E-state index in [1.807, 2.05) is 18.8 Å². The molecule has 0 bridgehead atoms. The summed E-state index contributed by atoms with van der Waals surface area (Å²) in [5.41, 5.74) is 1.34. The lowest BCUT2D eigenvalue weighted by molar-refractivity contribution is 0.603. The van der Waals surface area contributed by atoms with E-state index in [0.717, 1.165) is 12.5 Å². The Morgan fingerprint density at radius 1 is 1.43 bits per heavy atom. The van der Waals surface area contributed by atoms with Gasteiger partial charge < -0.3 is 5.32 Å². The third-order valence-electron chi connectivity index (χ3n) is 2.08. The van der Waals surface area contributed by atoms with E-state index < -0.39 is 0 Å². The van der Waals surface area contributed by atoms with Crippen LogP contribution in [-0.2, 0) is 0 Å². The van der Waals surface area contributed by atoms with Gasteiger partial charge in [0.15, 0.2) is 0 Å². The molecule has 78 valence electrons. The normalized spacial score (nSPS) is 12.8. The first-order valence-corrected chi connectivity index (χ1v) is 6.05. The third-order valence-corrected chi connectivity index (χ3v) is 3.40. The zero-order valence-electron chi connectivity index (χ0n) is 9.21. The summed E-state index contributed by atoms with van der Waals surface area (Å²) < 4.78 is 0. The van der Waals surface area contributed by atoms with Crippen molar-refractivity contribution >= 4 is 11.8 Å². The van der Waals surface area contributed by atoms with E-state index in [-0.39, 0.29) is 0 Å². The van der Waals surface area contributed by atoms with Crippen molar-refractivity contribution in [3.8, 4) is 0 Å². The van der Waals surface area contributed by atoms with Crippen LogP contribution < -0.4 is 5.32 Å². The molecule has 0 aliphatic heterocycles. The number of hydrogen-bond donors (Lipinski definition) is 1. The van der Waals surface area contributed by atoms with Gasteiger partial charge in [-0.1, -0.05) is 24.6 Å². The molecule has 0 amide bonds. The smallest absolute Gasteiger partial charge is 0.00746 e. The molecule has 0 fully saturated rings. The highest BCUT2D eigenvalue weighted by atomic mass is 32.2. The number of benzene rings is 1. The van der Waals surface area contributed by atoms with Crippen molar-refractivity contribution in [2.75, 3.05) is 19.3 Å². The molecule has 0 spiro atoms. The summed E-state index contributed by atoms with van der Waals surface area (Å²) in [6.07, 6.45) is 0. The largest absolute Gasteiger partial charge is 0.319 e. The lowest BCUT2D eigenvalue weighted by Gasteiger charge is -2.10. The molecule has 0 aliphatic rings. The minimum atomic E-state index is 0.727. The first-order chi connectivity index (χ1) is 6.72. The average molecular weight is 209 g/mol. The van der Waals surface area contributed by atoms with Crippen LogP contribution in [0.3, 0.4) is 0 Å². The lowest BCUT2D eigenvalue weighted by Crippen LogP contribution is -2.17. The summed E-state index contributed by atoms with van der Waals surface area (Å²) in [5, 5.41) is 3.20. The Bertz CT molecular complexity index is 273. The zero-order chi connectivity index (χ0) is 10.4. The molecular weight excluding hydrogens is 190 g/mol. The second kappa shape index (κ2) is 6.10. The molecule has 0 heterocycles. The fourth-order valence-corrected chi connectivity index (χ4v) is 2.39. The van der Waals surface area contributed by atoms with Gasteiger partial charge in [-0.2, -0.15) is 0 Å². The molecule has 1 aromatic rings. The number of hydrogen-bond acceptors (Lipinski definition) is 2. The summed E-state index contributed by atoms with van der Waals surface area (Å²) in [7, 11) is 2.01. The third kappa shape index (κ3) is 4.16. The average Bonchev–Trinajstić information content (AvgIpc) is 2.15. The maximum absolute atomic E-state index is 3.20. The molecule has 0 radical (unpaired) electrons. The second-order valence-electron chi connectivity index (χ2n) is 3.79. The number of nitrogens with one attached hydrogen (secondary N) is 1. The molecule has 1 rings (SSSR count). The van der Waals surface area contributed by atoms with Crippen molar-refractivity contribution in [1.29, 1.82) is 0 Å². The van der Waals surface area contributed by atoms with E-state index in [2.05, 4.69) is 43.4 Å². The topological polar surface area (TPSA) is 12.0 Å². The van der Waals surface area contributed by atoms with E-state index in [9.17, 15) is 0 Å². The van der Waals surface area contributed by atoms with Crippen LogP contribution in [0.25, 0.3) is 0 Å². The Morgan fingerprint density at radius 2 is 2.21 bits per heavy atom. The van der Waals surface area contributed by atoms with Crippen molar-refractivity contribution in [1.82, 2.24) is 5.32 Å². The maximum atomic E-state index is 3.20. The van der Waals surface area contributed by atoms with Gasteiger partial charge in [-0.3, -0.25) is 0 Å². The van der Waals surface area contributed by atoms with Crippen LogP contribution in [0.5, 0.6) is 0 Å². The van der Waals surface area contributed by atoms with Gasteiger partial charge in [-0.15, -0.1) is 11.8 Å². The fourth-order valence-electron chi connectivity index (χ4n) is 1.35. The van der Waals surface area contributed by atoms with E-state index in [1.165, 1.54) is 16.2 Å². The molecule has 1 aromatic carbocycles. The molecular formula is C12H19NS. The Morgan fingerprint density at radius 3 is 2.86 bits per heavy atom. The molecule has 0 aliphatic carbocycles. The Balaban J connectivity index is 2.37. The molecule has 1 unspecified atom stereocenters. The Labute approximate surface area is 91.3 Å². The van der Waals surface area contributed by atoms with Crippen LogP contribution in [0.15, 0.2) is 29.2 Å². The van der Waals surface area contributed by atoms with Gasteiger partial charge in [0, 0.05) is 10.6 Å². The predicted molar refractivity (Wildman–Crippen MR) is 65.0 cm³/mol. The zero-order valence-corrected chi connectivity index (χ0v) is 10.0. The molecule has 1 nitrogen and oxygen atoms in total. The van der Waals surface area contributed by atoms with E-state index in [1.54, 1.807) is 0 Å². The van der Waals surface area contributed by atoms with Crippen LogP contribution in [0, 0.1) is 12.8 Å². The molecule has 0 aromatic heterocycles. The van der Waals surface area contributed by atoms with Crippen LogP contribution in [-0.4, -0.2) is 19.3 Å². The van der Waals surface area contributed by atoms with Gasteiger partial charge in [0.05, 0.1) is 0 Å². The lowest BCUT2D eigenvalue weighted by atomic mass is 10.2. The summed E-state index contributed by atoms with van der Waals surface area (Å²) in [6, 6.07) is 8.70. The SMILES string of the molecule is CNCC(C)CSc1cccc(C)c1. The van der Waals surface area contributed by atoms with Crippen LogP contribution in [0.1, 0.15) is 12.5 Å². The van der Waals surface area contributed by atoms with E-state index in [0.29, 0.717) is 0 Å². The standard InChI is InChI=1S/C12H19NS/c1-10-5-4-6-12(7-10)14-9-11(2)8-13-3/h4-7,11,13H,8-9H2,1-3H3. The number of thioether (sulfide) groups is 1. The van der Waals surface area contributed by atoms with Crippen molar-refractivity contribution in [3.63, 3.8) is 0 Å². The molecule has 0 saturated heterocycles. The van der Waals surface area contributed by atoms with Gasteiger partial charge >= 0.3 is 0 Å². The van der Waals surface area contributed by atoms with E-state index >= 15 is 0 Å². The Hall–Kier alpha value is -0.470. The van der Waals surface area contributed by atoms with E-state index in [4.69, 9.17) is 0 Å². The first-order valence-electron chi connectivity index (χ1n) is 5.06. The number of rotatable bonds is 5. The van der Waals surface area contributed by atoms with Crippen LogP contribution >= 0.6 is 11.8 Å². The predicted octanol–water partition coefficient (Wildman–Crippen LogP) is 2.94. The minimum Gasteiger partial charge on any atom is -0.319 e. The van der Waals surface area contributed by atoms with Crippen LogP contribution in [0.4, 0.5) is 0 Å². The highest BCUT2D eigenvalue weighted by Crippen LogP contribution is 2.21. The van der Waals surface area contributed by atoms with Crippen molar-refractivity contribution in [3.05, 3.63) is 29.8 Å². The molecule has 2 heteroatoms. The minimum absolute atomic E-state index is 0.727. The molecule has 1 N–H and O–H groups in total. The summed E-state index contributed by atoms with van der Waals surface area (Å²) >= 11 is 1.94. The van der Waals surface area contributed by atoms with Gasteiger partial charge in [0.1, 0.15) is 0 Å². The molecule has 0 saturated carbocycles. The van der Waals surface area contributed by atoms with Gasteiger partial charge in [0.2, 0.25) is 0 Å². The first kappa shape index (κ1) is 11.6. The molecule has 1 atom stereocenters. The highest BCUT2D eigenvalue weighted by Gasteiger charge is 2.01. The van der Waals surface area contributed by atoms with Crippen LogP contribution in [0.2, 0.25) is 0 Å².